The van der Waals surface area contributed by atoms with Gasteiger partial charge in [0.05, 0.1) is 19.5 Å². The number of benzene rings is 2. The van der Waals surface area contributed by atoms with Crippen molar-refractivity contribution < 1.29 is 14.4 Å². The maximum absolute atomic E-state index is 12.7. The van der Waals surface area contributed by atoms with E-state index in [1.54, 1.807) is 24.0 Å². The summed E-state index contributed by atoms with van der Waals surface area (Å²) in [5.41, 5.74) is 4.10. The summed E-state index contributed by atoms with van der Waals surface area (Å²) in [6, 6.07) is 17.3. The summed E-state index contributed by atoms with van der Waals surface area (Å²) >= 11 is 0. The molecule has 0 saturated heterocycles. The Kier molecular flexibility index (Phi) is 4.80. The molecule has 0 fully saturated rings. The predicted molar refractivity (Wildman–Crippen MR) is 101 cm³/mol. The molecule has 1 aliphatic carbocycles. The first kappa shape index (κ1) is 17.2. The van der Waals surface area contributed by atoms with Gasteiger partial charge in [0.2, 0.25) is 5.78 Å². The number of aryl methyl sites for hydroxylation is 1. The van der Waals surface area contributed by atoms with Gasteiger partial charge in [0.25, 0.3) is 0 Å². The average molecular weight is 361 g/mol. The average Bonchev–Trinajstić information content (AvgIpc) is 3.09. The highest BCUT2D eigenvalue weighted by Gasteiger charge is 2.32. The van der Waals surface area contributed by atoms with Gasteiger partial charge in [-0.2, -0.15) is 0 Å². The van der Waals surface area contributed by atoms with E-state index in [4.69, 9.17) is 9.57 Å². The quantitative estimate of drug-likeness (QED) is 0.391. The number of hydrogen-bond donors (Lipinski definition) is 0. The molecule has 0 unspecified atom stereocenters. The number of ketones is 1. The van der Waals surface area contributed by atoms with Crippen LogP contribution < -0.4 is 0 Å². The zero-order valence-corrected chi connectivity index (χ0v) is 15.0. The lowest BCUT2D eigenvalue weighted by Crippen LogP contribution is -2.23. The van der Waals surface area contributed by atoms with Crippen LogP contribution >= 0.6 is 0 Å². The van der Waals surface area contributed by atoms with Crippen LogP contribution in [0.5, 0.6) is 0 Å². The zero-order valence-electron chi connectivity index (χ0n) is 15.0. The van der Waals surface area contributed by atoms with E-state index in [9.17, 15) is 4.79 Å². The maximum atomic E-state index is 12.7. The molecule has 1 heterocycles. The van der Waals surface area contributed by atoms with Gasteiger partial charge in [-0.1, -0.05) is 59.8 Å². The lowest BCUT2D eigenvalue weighted by molar-refractivity contribution is 0.0434. The van der Waals surface area contributed by atoms with E-state index in [1.807, 2.05) is 48.5 Å². The highest BCUT2D eigenvalue weighted by atomic mass is 16.6. The number of imidazole rings is 1. The van der Waals surface area contributed by atoms with E-state index >= 15 is 0 Å². The summed E-state index contributed by atoms with van der Waals surface area (Å²) in [5, 5.41) is 4.27. The van der Waals surface area contributed by atoms with Gasteiger partial charge in [-0.3, -0.25) is 4.79 Å². The van der Waals surface area contributed by atoms with E-state index in [-0.39, 0.29) is 5.78 Å². The van der Waals surface area contributed by atoms with Crippen LogP contribution in [0.4, 0.5) is 0 Å². The second kappa shape index (κ2) is 7.55. The van der Waals surface area contributed by atoms with Crippen LogP contribution in [0.25, 0.3) is 0 Å². The smallest absolute Gasteiger partial charge is 0.212 e. The predicted octanol–water partition coefficient (Wildman–Crippen LogP) is 2.95. The molecular formula is C21H19N3O3. The maximum Gasteiger partial charge on any atom is 0.212 e. The molecule has 0 spiro atoms. The van der Waals surface area contributed by atoms with Crippen molar-refractivity contribution in [2.45, 2.75) is 6.61 Å². The summed E-state index contributed by atoms with van der Waals surface area (Å²) in [5.74, 6) is -0.0502. The number of rotatable bonds is 6. The van der Waals surface area contributed by atoms with Crippen molar-refractivity contribution in [2.75, 3.05) is 13.2 Å². The summed E-state index contributed by atoms with van der Waals surface area (Å²) < 4.78 is 7.32. The molecule has 3 aromatic rings. The van der Waals surface area contributed by atoms with Crippen molar-refractivity contribution in [1.82, 2.24) is 9.55 Å². The molecule has 0 bridgehead atoms. The van der Waals surface area contributed by atoms with Crippen LogP contribution in [0, 0.1) is 0 Å². The van der Waals surface area contributed by atoms with E-state index in [2.05, 4.69) is 10.1 Å². The number of hydrogen-bond acceptors (Lipinski definition) is 5. The summed E-state index contributed by atoms with van der Waals surface area (Å²) in [6.45, 7) is 1.26. The highest BCUT2D eigenvalue weighted by molar-refractivity contribution is 6.28. The lowest BCUT2D eigenvalue weighted by atomic mass is 9.89. The molecule has 136 valence electrons. The zero-order chi connectivity index (χ0) is 18.6. The van der Waals surface area contributed by atoms with E-state index < -0.39 is 0 Å². The van der Waals surface area contributed by atoms with E-state index in [1.165, 1.54) is 0 Å². The number of nitrogens with zero attached hydrogens (tertiary/aromatic N) is 3. The Balaban J connectivity index is 1.45. The van der Waals surface area contributed by atoms with Gasteiger partial charge in [0, 0.05) is 18.2 Å². The fourth-order valence-electron chi connectivity index (χ4n) is 3.08. The highest BCUT2D eigenvalue weighted by Crippen LogP contribution is 2.26. The minimum Gasteiger partial charge on any atom is -0.393 e. The lowest BCUT2D eigenvalue weighted by Gasteiger charge is -2.17. The molecule has 0 atom stereocenters. The first-order valence-electron chi connectivity index (χ1n) is 8.73. The van der Waals surface area contributed by atoms with Crippen molar-refractivity contribution >= 4 is 11.5 Å². The van der Waals surface area contributed by atoms with E-state index in [0.717, 1.165) is 11.1 Å². The third-order valence-electron chi connectivity index (χ3n) is 4.39. The van der Waals surface area contributed by atoms with Gasteiger partial charge in [-0.25, -0.2) is 4.98 Å². The Hall–Kier alpha value is -3.25. The third-order valence-corrected chi connectivity index (χ3v) is 4.39. The first-order valence-corrected chi connectivity index (χ1v) is 8.73. The van der Waals surface area contributed by atoms with Crippen LogP contribution in [0.2, 0.25) is 0 Å². The molecular weight excluding hydrogens is 342 g/mol. The minimum absolute atomic E-state index is 0.0502. The Labute approximate surface area is 157 Å². The van der Waals surface area contributed by atoms with Gasteiger partial charge >= 0.3 is 0 Å². The second-order valence-corrected chi connectivity index (χ2v) is 6.24. The Bertz CT molecular complexity index is 993. The van der Waals surface area contributed by atoms with Crippen molar-refractivity contribution in [1.29, 1.82) is 0 Å². The van der Waals surface area contributed by atoms with Gasteiger partial charge in [0.15, 0.2) is 0 Å². The number of oxime groups is 1. The summed E-state index contributed by atoms with van der Waals surface area (Å²) in [7, 11) is 1.80. The van der Waals surface area contributed by atoms with Crippen molar-refractivity contribution in [3.8, 4) is 0 Å². The molecule has 1 aliphatic rings. The third kappa shape index (κ3) is 3.39. The molecule has 6 heteroatoms. The monoisotopic (exact) mass is 361 g/mol. The van der Waals surface area contributed by atoms with Gasteiger partial charge < -0.3 is 14.1 Å². The van der Waals surface area contributed by atoms with Crippen molar-refractivity contribution in [3.63, 3.8) is 0 Å². The Morgan fingerprint density at radius 3 is 2.56 bits per heavy atom. The number of carbonyl (C=O) groups is 1. The molecule has 1 aromatic heterocycles. The van der Waals surface area contributed by atoms with Crippen molar-refractivity contribution in [2.24, 2.45) is 12.2 Å². The standard InChI is InChI=1S/C21H19N3O3/c1-24-14-22-19-18(16-9-5-6-10-17(16)21(25)20(19)24)23-27-12-11-26-13-15-7-3-2-4-8-15/h2-10,14H,11-13H2,1H3. The van der Waals surface area contributed by atoms with Crippen LogP contribution in [0.3, 0.4) is 0 Å². The molecule has 0 aliphatic heterocycles. The number of fused-ring (bicyclic) bond motifs is 2. The van der Waals surface area contributed by atoms with E-state index in [0.29, 0.717) is 42.5 Å². The van der Waals surface area contributed by atoms with Crippen LogP contribution in [-0.2, 0) is 23.2 Å². The first-order chi connectivity index (χ1) is 13.3. The second-order valence-electron chi connectivity index (χ2n) is 6.24. The number of ether oxygens (including phenoxy) is 1. The van der Waals surface area contributed by atoms with Crippen molar-refractivity contribution in [3.05, 3.63) is 89.0 Å². The van der Waals surface area contributed by atoms with Gasteiger partial charge in [-0.05, 0) is 5.56 Å². The molecule has 6 nitrogen and oxygen atoms in total. The van der Waals surface area contributed by atoms with Gasteiger partial charge in [-0.15, -0.1) is 0 Å². The fraction of sp³-hybridized carbons (Fsp3) is 0.190. The van der Waals surface area contributed by atoms with Gasteiger partial charge in [0.1, 0.15) is 23.7 Å². The molecule has 27 heavy (non-hydrogen) atoms. The normalized spacial score (nSPS) is 14.1. The molecule has 0 radical (unpaired) electrons. The number of aromatic nitrogens is 2. The number of carbonyl (C=O) groups excluding carboxylic acids is 1. The molecule has 0 saturated carbocycles. The summed E-state index contributed by atoms with van der Waals surface area (Å²) in [4.78, 5) is 22.5. The Morgan fingerprint density at radius 1 is 1.00 bits per heavy atom. The molecule has 0 amide bonds. The summed E-state index contributed by atoms with van der Waals surface area (Å²) in [6.07, 6.45) is 1.62. The topological polar surface area (TPSA) is 65.7 Å². The molecule has 0 N–H and O–H groups in total. The van der Waals surface area contributed by atoms with Crippen LogP contribution in [0.15, 0.2) is 66.1 Å². The van der Waals surface area contributed by atoms with Crippen LogP contribution in [-0.4, -0.2) is 34.3 Å². The van der Waals surface area contributed by atoms with Crippen LogP contribution in [0.1, 0.15) is 32.9 Å². The SMILES string of the molecule is Cn1cnc2c1C(=O)c1ccccc1C2=NOCCOCc1ccccc1. The molecule has 4 rings (SSSR count). The fourth-order valence-corrected chi connectivity index (χ4v) is 3.08. The minimum atomic E-state index is -0.0502. The largest absolute Gasteiger partial charge is 0.393 e. The molecule has 2 aromatic carbocycles. The Morgan fingerprint density at radius 2 is 1.74 bits per heavy atom.